The molecule has 6 heteroatoms. The van der Waals surface area contributed by atoms with Crippen molar-refractivity contribution in [1.82, 2.24) is 5.32 Å². The summed E-state index contributed by atoms with van der Waals surface area (Å²) < 4.78 is 19.4. The molecule has 36 heavy (non-hydrogen) atoms. The first-order valence-electron chi connectivity index (χ1n) is 11.9. The maximum absolute atomic E-state index is 13.8. The van der Waals surface area contributed by atoms with Crippen molar-refractivity contribution in [2.75, 3.05) is 12.4 Å². The first kappa shape index (κ1) is 23.5. The largest absolute Gasteiger partial charge is 0.496 e. The van der Waals surface area contributed by atoms with Crippen LogP contribution in [0.25, 0.3) is 0 Å². The van der Waals surface area contributed by atoms with Crippen molar-refractivity contribution in [3.05, 3.63) is 118 Å². The molecule has 0 fully saturated rings. The third kappa shape index (κ3) is 4.42. The van der Waals surface area contributed by atoms with Gasteiger partial charge in [-0.15, -0.1) is 0 Å². The van der Waals surface area contributed by atoms with Gasteiger partial charge in [0.15, 0.2) is 5.78 Å². The Kier molecular flexibility index (Phi) is 6.42. The summed E-state index contributed by atoms with van der Waals surface area (Å²) >= 11 is 0. The predicted molar refractivity (Wildman–Crippen MR) is 137 cm³/mol. The number of allylic oxidation sites excluding steroid dienone is 3. The summed E-state index contributed by atoms with van der Waals surface area (Å²) in [6.07, 6.45) is 1.01. The highest BCUT2D eigenvalue weighted by Gasteiger charge is 2.41. The maximum Gasteiger partial charge on any atom is 0.254 e. The molecule has 3 aromatic carbocycles. The second-order valence-corrected chi connectivity index (χ2v) is 9.13. The normalized spacial score (nSPS) is 19.5. The Morgan fingerprint density at radius 1 is 1.00 bits per heavy atom. The van der Waals surface area contributed by atoms with Crippen LogP contribution < -0.4 is 15.4 Å². The number of nitrogens with one attached hydrogen (secondary N) is 2. The number of Topliss-reactive ketones (excluding diaryl/α,β-unsaturated/α-hetero) is 1. The van der Waals surface area contributed by atoms with Crippen molar-refractivity contribution in [3.8, 4) is 5.75 Å². The zero-order valence-electron chi connectivity index (χ0n) is 20.2. The van der Waals surface area contributed by atoms with Gasteiger partial charge in [0.25, 0.3) is 5.91 Å². The van der Waals surface area contributed by atoms with Crippen LogP contribution in [0.15, 0.2) is 101 Å². The van der Waals surface area contributed by atoms with Crippen LogP contribution in [0.1, 0.15) is 42.7 Å². The lowest BCUT2D eigenvalue weighted by Gasteiger charge is -2.37. The number of anilines is 1. The Labute approximate surface area is 209 Å². The Morgan fingerprint density at radius 3 is 2.50 bits per heavy atom. The number of rotatable bonds is 5. The van der Waals surface area contributed by atoms with Gasteiger partial charge in [-0.3, -0.25) is 9.59 Å². The number of ether oxygens (including phenoxy) is 1. The highest BCUT2D eigenvalue weighted by Crippen LogP contribution is 2.47. The molecule has 2 atom stereocenters. The van der Waals surface area contributed by atoms with E-state index in [0.29, 0.717) is 41.1 Å². The van der Waals surface area contributed by atoms with Crippen LogP contribution in [0, 0.1) is 5.82 Å². The van der Waals surface area contributed by atoms with Gasteiger partial charge in [-0.25, -0.2) is 4.39 Å². The van der Waals surface area contributed by atoms with E-state index in [1.54, 1.807) is 13.2 Å². The number of halogens is 1. The number of hydrogen-bond donors (Lipinski definition) is 2. The molecule has 3 aromatic rings. The van der Waals surface area contributed by atoms with Gasteiger partial charge in [0.05, 0.1) is 13.0 Å². The molecular formula is C30H27FN2O3. The van der Waals surface area contributed by atoms with Crippen molar-refractivity contribution in [3.63, 3.8) is 0 Å². The molecule has 2 aliphatic rings. The fraction of sp³-hybridized carbons (Fsp3) is 0.200. The van der Waals surface area contributed by atoms with Crippen molar-refractivity contribution in [1.29, 1.82) is 0 Å². The van der Waals surface area contributed by atoms with Gasteiger partial charge in [0, 0.05) is 40.2 Å². The van der Waals surface area contributed by atoms with Gasteiger partial charge in [-0.05, 0) is 49.1 Å². The first-order chi connectivity index (χ1) is 17.5. The quantitative estimate of drug-likeness (QED) is 0.480. The molecule has 2 N–H and O–H groups in total. The number of para-hydroxylation sites is 1. The molecular weight excluding hydrogens is 455 g/mol. The van der Waals surface area contributed by atoms with Crippen LogP contribution in [0.3, 0.4) is 0 Å². The second kappa shape index (κ2) is 9.82. The number of carbonyl (C=O) groups excluding carboxylic acids is 2. The van der Waals surface area contributed by atoms with Crippen LogP contribution in [-0.4, -0.2) is 18.8 Å². The molecule has 0 aromatic heterocycles. The summed E-state index contributed by atoms with van der Waals surface area (Å²) in [6.45, 7) is 1.84. The van der Waals surface area contributed by atoms with Crippen LogP contribution >= 0.6 is 0 Å². The summed E-state index contributed by atoms with van der Waals surface area (Å²) in [4.78, 5) is 27.4. The van der Waals surface area contributed by atoms with Crippen LogP contribution in [-0.2, 0) is 9.59 Å². The highest BCUT2D eigenvalue weighted by atomic mass is 19.1. The Bertz CT molecular complexity index is 1390. The molecule has 0 bridgehead atoms. The fourth-order valence-corrected chi connectivity index (χ4v) is 5.28. The molecule has 5 nitrogen and oxygen atoms in total. The van der Waals surface area contributed by atoms with E-state index in [9.17, 15) is 14.0 Å². The number of carbonyl (C=O) groups is 2. The van der Waals surface area contributed by atoms with Gasteiger partial charge in [0.2, 0.25) is 0 Å². The highest BCUT2D eigenvalue weighted by molar-refractivity contribution is 6.10. The van der Waals surface area contributed by atoms with Gasteiger partial charge >= 0.3 is 0 Å². The summed E-state index contributed by atoms with van der Waals surface area (Å²) in [5, 5.41) is 6.19. The molecule has 5 rings (SSSR count). The van der Waals surface area contributed by atoms with Crippen molar-refractivity contribution in [2.24, 2.45) is 0 Å². The fourth-order valence-electron chi connectivity index (χ4n) is 5.28. The summed E-state index contributed by atoms with van der Waals surface area (Å²) in [7, 11) is 1.58. The van der Waals surface area contributed by atoms with Gasteiger partial charge in [0.1, 0.15) is 11.6 Å². The van der Waals surface area contributed by atoms with Crippen molar-refractivity contribution >= 4 is 17.4 Å². The Balaban J connectivity index is 1.59. The standard InChI is InChI=1S/C30H27FN2O3/c1-18-27(30(35)33-22-12-8-11-21(31)17-22)28(23-13-6-7-14-26(23)36-2)29-24(32-18)15-20(16-25(29)34)19-9-4-3-5-10-19/h3-14,17,20,28,32H,15-16H2,1-2H3,(H,33,35)/t20-,28+/m1/s1. The maximum atomic E-state index is 13.8. The summed E-state index contributed by atoms with van der Waals surface area (Å²) in [5.41, 5.74) is 4.68. The summed E-state index contributed by atoms with van der Waals surface area (Å²) in [6, 6.07) is 23.2. The minimum atomic E-state index is -0.616. The second-order valence-electron chi connectivity index (χ2n) is 9.13. The zero-order chi connectivity index (χ0) is 25.2. The van der Waals surface area contributed by atoms with Crippen LogP contribution in [0.5, 0.6) is 5.75 Å². The zero-order valence-corrected chi connectivity index (χ0v) is 20.2. The minimum Gasteiger partial charge on any atom is -0.496 e. The minimum absolute atomic E-state index is 0.00272. The van der Waals surface area contributed by atoms with E-state index in [2.05, 4.69) is 10.6 Å². The van der Waals surface area contributed by atoms with E-state index in [-0.39, 0.29) is 11.7 Å². The van der Waals surface area contributed by atoms with E-state index in [0.717, 1.165) is 16.8 Å². The Hall–Kier alpha value is -4.19. The number of hydrogen-bond acceptors (Lipinski definition) is 4. The number of dihydropyridines is 1. The SMILES string of the molecule is COc1ccccc1[C@H]1C(C(=O)Nc2cccc(F)c2)=C(C)NC2=C1C(=O)C[C@H](c1ccccc1)C2. The molecule has 0 unspecified atom stereocenters. The molecule has 0 spiro atoms. The number of benzene rings is 3. The molecule has 1 amide bonds. The smallest absolute Gasteiger partial charge is 0.254 e. The van der Waals surface area contributed by atoms with Crippen molar-refractivity contribution < 1.29 is 18.7 Å². The number of methoxy groups -OCH3 is 1. The lowest BCUT2D eigenvalue weighted by Crippen LogP contribution is -2.37. The number of ketones is 1. The third-order valence-corrected chi connectivity index (χ3v) is 6.88. The average Bonchev–Trinajstić information content (AvgIpc) is 2.88. The molecule has 1 aliphatic carbocycles. The molecule has 0 saturated heterocycles. The molecule has 1 aliphatic heterocycles. The monoisotopic (exact) mass is 482 g/mol. The van der Waals surface area contributed by atoms with Crippen LogP contribution in [0.2, 0.25) is 0 Å². The Morgan fingerprint density at radius 2 is 1.75 bits per heavy atom. The van der Waals surface area contributed by atoms with Gasteiger partial charge in [-0.2, -0.15) is 0 Å². The molecule has 0 radical (unpaired) electrons. The van der Waals surface area contributed by atoms with E-state index in [1.165, 1.54) is 18.2 Å². The van der Waals surface area contributed by atoms with E-state index in [1.807, 2.05) is 61.5 Å². The summed E-state index contributed by atoms with van der Waals surface area (Å²) in [5.74, 6) is -0.809. The van der Waals surface area contributed by atoms with E-state index in [4.69, 9.17) is 4.74 Å². The average molecular weight is 483 g/mol. The first-order valence-corrected chi connectivity index (χ1v) is 11.9. The molecule has 182 valence electrons. The van der Waals surface area contributed by atoms with Crippen molar-refractivity contribution in [2.45, 2.75) is 31.6 Å². The van der Waals surface area contributed by atoms with Gasteiger partial charge < -0.3 is 15.4 Å². The lowest BCUT2D eigenvalue weighted by molar-refractivity contribution is -0.116. The topological polar surface area (TPSA) is 67.4 Å². The third-order valence-electron chi connectivity index (χ3n) is 6.88. The molecule has 1 heterocycles. The van der Waals surface area contributed by atoms with Gasteiger partial charge in [-0.1, -0.05) is 54.6 Å². The predicted octanol–water partition coefficient (Wildman–Crippen LogP) is 5.83. The number of amides is 1. The van der Waals surface area contributed by atoms with Crippen LogP contribution in [0.4, 0.5) is 10.1 Å². The van der Waals surface area contributed by atoms with E-state index >= 15 is 0 Å². The lowest BCUT2D eigenvalue weighted by atomic mass is 9.71. The van der Waals surface area contributed by atoms with E-state index < -0.39 is 17.6 Å². The molecule has 0 saturated carbocycles.